The predicted molar refractivity (Wildman–Crippen MR) is 457 cm³/mol. The van der Waals surface area contributed by atoms with Crippen molar-refractivity contribution in [3.05, 3.63) is 36.5 Å². The lowest BCUT2D eigenvalue weighted by Crippen LogP contribution is -2.66. The molecule has 3 heterocycles. The summed E-state index contributed by atoms with van der Waals surface area (Å²) in [5, 5.41) is 121. The predicted octanol–water partition coefficient (Wildman–Crippen LogP) is 19.0. The van der Waals surface area contributed by atoms with Gasteiger partial charge in [-0.15, -0.1) is 0 Å². The van der Waals surface area contributed by atoms with Gasteiger partial charge in [0.05, 0.1) is 38.6 Å². The SMILES string of the molecule is CCCCCCCCCCCCCCCCCCCCC/C=C/CC/C=C/CC/C=C/C(O)C(COC1OC(CO)C(OC2OC(CO)C(OC3OC(CO)C(O)C(O)C3O)C(O)C2O)C(O)C1O)NC(=O)CCCCCCCCCCCCCCCCCCCCCCCCCCCCCCCCCCCCCCCCC. The van der Waals surface area contributed by atoms with Gasteiger partial charge in [-0.25, -0.2) is 0 Å². The summed E-state index contributed by atoms with van der Waals surface area (Å²) in [5.74, 6) is -0.280. The third-order valence-corrected chi connectivity index (χ3v) is 23.9. The zero-order valence-electron chi connectivity index (χ0n) is 72.1. The molecule has 3 aliphatic rings. The van der Waals surface area contributed by atoms with E-state index in [4.69, 9.17) is 28.4 Å². The normalized spacial score (nSPS) is 24.9. The Bertz CT molecular complexity index is 2170. The van der Waals surface area contributed by atoms with Crippen molar-refractivity contribution in [2.24, 2.45) is 0 Å². The Morgan fingerprint density at radius 1 is 0.310 bits per heavy atom. The molecule has 113 heavy (non-hydrogen) atoms. The second kappa shape index (κ2) is 73.9. The summed E-state index contributed by atoms with van der Waals surface area (Å²) in [4.78, 5) is 13.5. The number of aliphatic hydroxyl groups excluding tert-OH is 11. The highest BCUT2D eigenvalue weighted by Crippen LogP contribution is 2.34. The Balaban J connectivity index is 1.30. The van der Waals surface area contributed by atoms with Crippen molar-refractivity contribution in [1.82, 2.24) is 5.32 Å². The molecule has 0 aromatic carbocycles. The van der Waals surface area contributed by atoms with Crippen molar-refractivity contribution in [2.75, 3.05) is 26.4 Å². The number of allylic oxidation sites excluding steroid dienone is 5. The van der Waals surface area contributed by atoms with Crippen LogP contribution in [-0.4, -0.2) is 193 Å². The highest BCUT2D eigenvalue weighted by molar-refractivity contribution is 5.76. The van der Waals surface area contributed by atoms with Crippen LogP contribution in [0.4, 0.5) is 0 Å². The van der Waals surface area contributed by atoms with Crippen LogP contribution in [0.25, 0.3) is 0 Å². The number of hydrogen-bond donors (Lipinski definition) is 12. The van der Waals surface area contributed by atoms with Crippen LogP contribution in [0.15, 0.2) is 36.5 Å². The fraction of sp³-hybridized carbons (Fsp3) is 0.926. The number of carbonyl (C=O) groups excluding carboxylic acids is 1. The Morgan fingerprint density at radius 2 is 0.566 bits per heavy atom. The van der Waals surface area contributed by atoms with Gasteiger partial charge in [-0.1, -0.05) is 410 Å². The minimum atomic E-state index is -1.98. The summed E-state index contributed by atoms with van der Waals surface area (Å²) in [6.07, 6.45) is 69.1. The van der Waals surface area contributed by atoms with E-state index in [-0.39, 0.29) is 18.9 Å². The van der Waals surface area contributed by atoms with Crippen molar-refractivity contribution >= 4 is 5.91 Å². The molecular formula is C94H177NO18. The standard InChI is InChI=1S/C94H177NO18/c1-3-5-7-9-11-13-15-17-19-21-23-25-27-29-31-33-34-35-36-37-38-39-40-41-42-44-46-48-50-52-54-56-58-60-62-64-66-68-70-72-82(100)95-77(78(99)71-69-67-65-63-61-59-57-55-53-51-49-47-45-43-32-30-28-26-24-22-20-18-16-14-12-10-8-6-4-2)76-108-92-88(106)85(103)90(80(74-97)110-92)113-94-89(107)86(104)91(81(75-98)111-94)112-93-87(105)84(102)83(101)79(73-96)109-93/h53,55,61,63,69,71,77-81,83-94,96-99,101-107H,3-52,54,56-60,62,64-68,70,72-76H2,1-2H3,(H,95,100)/b55-53+,63-61+,71-69+. The van der Waals surface area contributed by atoms with Crippen molar-refractivity contribution in [1.29, 1.82) is 0 Å². The molecule has 0 saturated carbocycles. The first kappa shape index (κ1) is 105. The second-order valence-corrected chi connectivity index (χ2v) is 34.2. The molecule has 3 fully saturated rings. The van der Waals surface area contributed by atoms with Crippen molar-refractivity contribution in [2.45, 2.75) is 529 Å². The summed E-state index contributed by atoms with van der Waals surface area (Å²) < 4.78 is 34.5. The molecule has 17 atom stereocenters. The van der Waals surface area contributed by atoms with E-state index >= 15 is 0 Å². The third kappa shape index (κ3) is 52.1. The fourth-order valence-corrected chi connectivity index (χ4v) is 16.4. The summed E-state index contributed by atoms with van der Waals surface area (Å²) in [5.41, 5.74) is 0. The van der Waals surface area contributed by atoms with Crippen molar-refractivity contribution < 1.29 is 89.4 Å². The summed E-state index contributed by atoms with van der Waals surface area (Å²) in [7, 11) is 0. The van der Waals surface area contributed by atoms with Crippen molar-refractivity contribution in [3.63, 3.8) is 0 Å². The molecule has 0 aliphatic carbocycles. The summed E-state index contributed by atoms with van der Waals surface area (Å²) >= 11 is 0. The molecule has 0 aromatic heterocycles. The van der Waals surface area contributed by atoms with Gasteiger partial charge in [-0.2, -0.15) is 0 Å². The number of amides is 1. The lowest BCUT2D eigenvalue weighted by molar-refractivity contribution is -0.379. The van der Waals surface area contributed by atoms with Crippen LogP contribution in [-0.2, 0) is 33.2 Å². The molecule has 3 rings (SSSR count). The van der Waals surface area contributed by atoms with Crippen LogP contribution >= 0.6 is 0 Å². The van der Waals surface area contributed by atoms with Gasteiger partial charge in [0.15, 0.2) is 18.9 Å². The molecule has 0 radical (unpaired) electrons. The fourth-order valence-electron chi connectivity index (χ4n) is 16.4. The van der Waals surface area contributed by atoms with E-state index in [0.29, 0.717) is 12.8 Å². The summed E-state index contributed by atoms with van der Waals surface area (Å²) in [6, 6.07) is -0.997. The van der Waals surface area contributed by atoms with Gasteiger partial charge in [0, 0.05) is 6.42 Å². The maximum Gasteiger partial charge on any atom is 0.220 e. The molecule has 12 N–H and O–H groups in total. The van der Waals surface area contributed by atoms with Crippen LogP contribution in [0.1, 0.15) is 425 Å². The smallest absolute Gasteiger partial charge is 0.220 e. The number of unbranched alkanes of at least 4 members (excludes halogenated alkanes) is 59. The Kier molecular flexibility index (Phi) is 68.8. The third-order valence-electron chi connectivity index (χ3n) is 23.9. The number of ether oxygens (including phenoxy) is 6. The van der Waals surface area contributed by atoms with E-state index in [9.17, 15) is 61.0 Å². The van der Waals surface area contributed by atoms with E-state index in [2.05, 4.69) is 43.5 Å². The minimum Gasteiger partial charge on any atom is -0.394 e. The zero-order valence-corrected chi connectivity index (χ0v) is 72.1. The largest absolute Gasteiger partial charge is 0.394 e. The van der Waals surface area contributed by atoms with E-state index in [0.717, 1.165) is 44.9 Å². The number of nitrogens with one attached hydrogen (secondary N) is 1. The van der Waals surface area contributed by atoms with Crippen LogP contribution < -0.4 is 5.32 Å². The highest BCUT2D eigenvalue weighted by Gasteiger charge is 2.54. The van der Waals surface area contributed by atoms with Gasteiger partial charge in [0.25, 0.3) is 0 Å². The van der Waals surface area contributed by atoms with Crippen LogP contribution in [0.2, 0.25) is 0 Å². The van der Waals surface area contributed by atoms with E-state index in [1.165, 1.54) is 347 Å². The second-order valence-electron chi connectivity index (χ2n) is 34.2. The molecule has 19 nitrogen and oxygen atoms in total. The number of aliphatic hydroxyl groups is 11. The molecule has 0 bridgehead atoms. The van der Waals surface area contributed by atoms with Gasteiger partial charge in [0.2, 0.25) is 5.91 Å². The lowest BCUT2D eigenvalue weighted by Gasteiger charge is -2.48. The maximum absolute atomic E-state index is 13.5. The average Bonchev–Trinajstić information content (AvgIpc) is 0.778. The topological polar surface area (TPSA) is 307 Å². The Morgan fingerprint density at radius 3 is 0.885 bits per heavy atom. The molecule has 3 aliphatic heterocycles. The van der Waals surface area contributed by atoms with Gasteiger partial charge in [-0.3, -0.25) is 4.79 Å². The summed E-state index contributed by atoms with van der Waals surface area (Å²) in [6.45, 7) is 1.79. The zero-order chi connectivity index (χ0) is 81.7. The molecule has 17 unspecified atom stereocenters. The molecule has 0 spiro atoms. The lowest BCUT2D eigenvalue weighted by atomic mass is 9.96. The van der Waals surface area contributed by atoms with Gasteiger partial charge < -0.3 is 89.9 Å². The number of rotatable bonds is 79. The first-order valence-corrected chi connectivity index (χ1v) is 47.7. The van der Waals surface area contributed by atoms with Gasteiger partial charge in [0.1, 0.15) is 73.2 Å². The van der Waals surface area contributed by atoms with E-state index in [1.54, 1.807) is 6.08 Å². The van der Waals surface area contributed by atoms with Crippen LogP contribution in [0.3, 0.4) is 0 Å². The quantitative estimate of drug-likeness (QED) is 0.0199. The maximum atomic E-state index is 13.5. The highest BCUT2D eigenvalue weighted by atomic mass is 16.8. The minimum absolute atomic E-state index is 0.237. The first-order valence-electron chi connectivity index (χ1n) is 47.7. The average molecular weight is 1610 g/mol. The molecule has 666 valence electrons. The Hall–Kier alpha value is -1.99. The van der Waals surface area contributed by atoms with Crippen LogP contribution in [0.5, 0.6) is 0 Å². The van der Waals surface area contributed by atoms with E-state index in [1.807, 2.05) is 6.08 Å². The molecular weight excluding hydrogens is 1430 g/mol. The first-order chi connectivity index (χ1) is 55.3. The number of carbonyl (C=O) groups is 1. The molecule has 3 saturated heterocycles. The van der Waals surface area contributed by atoms with Crippen LogP contribution in [0, 0.1) is 0 Å². The van der Waals surface area contributed by atoms with Crippen molar-refractivity contribution in [3.8, 4) is 0 Å². The molecule has 19 heteroatoms. The molecule has 0 aromatic rings. The van der Waals surface area contributed by atoms with Gasteiger partial charge >= 0.3 is 0 Å². The van der Waals surface area contributed by atoms with E-state index < -0.39 is 124 Å². The van der Waals surface area contributed by atoms with Gasteiger partial charge in [-0.05, 0) is 44.9 Å². The Labute approximate surface area is 689 Å². The number of hydrogen-bond acceptors (Lipinski definition) is 18. The molecule has 1 amide bonds. The monoisotopic (exact) mass is 1610 g/mol.